The van der Waals surface area contributed by atoms with Gasteiger partial charge in [-0.3, -0.25) is 19.2 Å². The normalized spacial score (nSPS) is 22.0. The van der Waals surface area contributed by atoms with Gasteiger partial charge in [0.15, 0.2) is 29.3 Å². The Labute approximate surface area is 267 Å². The zero-order valence-corrected chi connectivity index (χ0v) is 26.4. The molecule has 0 spiro atoms. The maximum atomic E-state index is 13.5. The number of methoxy groups -OCH3 is 1. The van der Waals surface area contributed by atoms with Crippen LogP contribution in [-0.4, -0.2) is 73.5 Å². The Kier molecular flexibility index (Phi) is 11.9. The van der Waals surface area contributed by atoms with Gasteiger partial charge < -0.3 is 33.7 Å². The highest BCUT2D eigenvalue weighted by atomic mass is 16.7. The largest absolute Gasteiger partial charge is 0.493 e. The Bertz CT molecular complexity index is 1390. The Morgan fingerprint density at radius 1 is 1.04 bits per heavy atom. The molecule has 13 nitrogen and oxygen atoms in total. The highest BCUT2D eigenvalue weighted by Crippen LogP contribution is 2.31. The van der Waals surface area contributed by atoms with E-state index in [4.69, 9.17) is 28.4 Å². The van der Waals surface area contributed by atoms with E-state index in [-0.39, 0.29) is 29.5 Å². The minimum atomic E-state index is -1.45. The number of hydrogen-bond acceptors (Lipinski definition) is 12. The molecule has 0 radical (unpaired) electrons. The van der Waals surface area contributed by atoms with Crippen molar-refractivity contribution in [3.63, 3.8) is 0 Å². The van der Waals surface area contributed by atoms with Crippen LogP contribution in [0.15, 0.2) is 42.6 Å². The van der Waals surface area contributed by atoms with Gasteiger partial charge in [0.1, 0.15) is 18.6 Å². The lowest BCUT2D eigenvalue weighted by Crippen LogP contribution is -2.47. The zero-order chi connectivity index (χ0) is 33.2. The zero-order valence-electron chi connectivity index (χ0n) is 26.4. The number of esters is 4. The number of amides is 1. The first kappa shape index (κ1) is 34.2. The summed E-state index contributed by atoms with van der Waals surface area (Å²) in [7, 11) is 1.36. The molecule has 1 aliphatic heterocycles. The number of carbonyl (C=O) groups is 5. The number of carbonyl (C=O) groups excluding carboxylic acids is 5. The molecule has 1 aliphatic carbocycles. The molecule has 13 heteroatoms. The molecule has 1 aromatic heterocycles. The van der Waals surface area contributed by atoms with Crippen molar-refractivity contribution in [3.05, 3.63) is 53.9 Å². The SMILES string of the molecule is COc1ccnc(C(=O)N[C@H]2COC(=O)[C@H](Cc3ccccc3)[C@@H](OC(=O)C(C)C)[C@H](C)OC2=O)c1OCOC(=O)C1CCCC1. The van der Waals surface area contributed by atoms with Crippen molar-refractivity contribution >= 4 is 29.8 Å². The lowest BCUT2D eigenvalue weighted by molar-refractivity contribution is -0.176. The number of rotatable bonds is 11. The van der Waals surface area contributed by atoms with E-state index in [0.29, 0.717) is 0 Å². The second kappa shape index (κ2) is 16.1. The fourth-order valence-corrected chi connectivity index (χ4v) is 5.30. The summed E-state index contributed by atoms with van der Waals surface area (Å²) in [4.78, 5) is 69.3. The van der Waals surface area contributed by atoms with E-state index < -0.39 is 73.3 Å². The second-order valence-corrected chi connectivity index (χ2v) is 11.5. The van der Waals surface area contributed by atoms with E-state index in [1.54, 1.807) is 13.8 Å². The van der Waals surface area contributed by atoms with E-state index >= 15 is 0 Å². The summed E-state index contributed by atoms with van der Waals surface area (Å²) >= 11 is 0. The third-order valence-corrected chi connectivity index (χ3v) is 7.86. The average molecular weight is 641 g/mol. The number of benzene rings is 1. The third-order valence-electron chi connectivity index (χ3n) is 7.86. The standard InChI is InChI=1S/C33H40N2O11/c1-19(2)30(37)46-27-20(3)45-33(40)24(17-42-32(39)23(27)16-21-10-6-5-7-11-21)35-29(36)26-28(25(41-4)14-15-34-26)43-18-44-31(38)22-12-8-9-13-22/h5-7,10-11,14-15,19-20,22-24,27H,8-9,12-13,16-18H2,1-4H3,(H,35,36)/t20-,23+,24-,27-/m0/s1. The second-order valence-electron chi connectivity index (χ2n) is 11.5. The van der Waals surface area contributed by atoms with Crippen molar-refractivity contribution in [1.82, 2.24) is 10.3 Å². The van der Waals surface area contributed by atoms with Crippen LogP contribution in [0.25, 0.3) is 0 Å². The van der Waals surface area contributed by atoms with Gasteiger partial charge in [-0.1, -0.05) is 57.0 Å². The average Bonchev–Trinajstić information content (AvgIpc) is 3.60. The van der Waals surface area contributed by atoms with E-state index in [9.17, 15) is 24.0 Å². The van der Waals surface area contributed by atoms with Crippen molar-refractivity contribution < 1.29 is 52.4 Å². The molecule has 0 unspecified atom stereocenters. The van der Waals surface area contributed by atoms with Gasteiger partial charge in [0.05, 0.1) is 18.9 Å². The molecule has 1 N–H and O–H groups in total. The Morgan fingerprint density at radius 2 is 1.76 bits per heavy atom. The first-order valence-corrected chi connectivity index (χ1v) is 15.3. The molecule has 1 amide bonds. The van der Waals surface area contributed by atoms with Gasteiger partial charge in [-0.15, -0.1) is 0 Å². The summed E-state index contributed by atoms with van der Waals surface area (Å²) in [5, 5.41) is 2.49. The fraction of sp³-hybridized carbons (Fsp3) is 0.515. The molecule has 1 aromatic carbocycles. The maximum Gasteiger partial charge on any atom is 0.332 e. The van der Waals surface area contributed by atoms with Crippen LogP contribution in [-0.2, 0) is 44.5 Å². The van der Waals surface area contributed by atoms with Gasteiger partial charge in [0.2, 0.25) is 6.79 Å². The van der Waals surface area contributed by atoms with Gasteiger partial charge in [-0.25, -0.2) is 9.78 Å². The predicted molar refractivity (Wildman–Crippen MR) is 160 cm³/mol. The molecular formula is C33H40N2O11. The summed E-state index contributed by atoms with van der Waals surface area (Å²) in [5.74, 6) is -5.18. The van der Waals surface area contributed by atoms with E-state index in [1.807, 2.05) is 30.3 Å². The summed E-state index contributed by atoms with van der Waals surface area (Å²) in [6.07, 6.45) is 2.62. The van der Waals surface area contributed by atoms with E-state index in [1.165, 1.54) is 26.3 Å². The molecule has 2 fully saturated rings. The number of cyclic esters (lactones) is 2. The topological polar surface area (TPSA) is 166 Å². The van der Waals surface area contributed by atoms with Crippen molar-refractivity contribution in [1.29, 1.82) is 0 Å². The molecule has 248 valence electrons. The van der Waals surface area contributed by atoms with E-state index in [2.05, 4.69) is 10.3 Å². The summed E-state index contributed by atoms with van der Waals surface area (Å²) in [6, 6.07) is 9.09. The van der Waals surface area contributed by atoms with Crippen LogP contribution in [0.3, 0.4) is 0 Å². The van der Waals surface area contributed by atoms with Crippen LogP contribution >= 0.6 is 0 Å². The monoisotopic (exact) mass is 640 g/mol. The van der Waals surface area contributed by atoms with Crippen LogP contribution in [0, 0.1) is 17.8 Å². The number of nitrogens with zero attached hydrogens (tertiary/aromatic N) is 1. The lowest BCUT2D eigenvalue weighted by Gasteiger charge is -2.29. The molecule has 2 aromatic rings. The highest BCUT2D eigenvalue weighted by molar-refractivity contribution is 5.98. The van der Waals surface area contributed by atoms with Gasteiger partial charge >= 0.3 is 23.9 Å². The molecule has 4 atom stereocenters. The molecule has 1 saturated heterocycles. The number of ether oxygens (including phenoxy) is 6. The number of aromatic nitrogens is 1. The van der Waals surface area contributed by atoms with Crippen LogP contribution in [0.2, 0.25) is 0 Å². The number of hydrogen-bond donors (Lipinski definition) is 1. The molecule has 2 aliphatic rings. The lowest BCUT2D eigenvalue weighted by atomic mass is 9.91. The minimum absolute atomic E-state index is 0.118. The summed E-state index contributed by atoms with van der Waals surface area (Å²) in [6.45, 7) is 3.75. The smallest absolute Gasteiger partial charge is 0.332 e. The fourth-order valence-electron chi connectivity index (χ4n) is 5.30. The molecule has 0 bridgehead atoms. The van der Waals surface area contributed by atoms with Crippen molar-refractivity contribution in [3.8, 4) is 11.5 Å². The molecular weight excluding hydrogens is 600 g/mol. The Balaban J connectivity index is 1.52. The molecule has 4 rings (SSSR count). The van der Waals surface area contributed by atoms with Crippen molar-refractivity contribution in [2.75, 3.05) is 20.5 Å². The predicted octanol–water partition coefficient (Wildman–Crippen LogP) is 3.17. The Morgan fingerprint density at radius 3 is 2.43 bits per heavy atom. The first-order chi connectivity index (χ1) is 22.1. The highest BCUT2D eigenvalue weighted by Gasteiger charge is 2.42. The quantitative estimate of drug-likeness (QED) is 0.217. The minimum Gasteiger partial charge on any atom is -0.493 e. The van der Waals surface area contributed by atoms with Crippen LogP contribution in [0.1, 0.15) is 62.5 Å². The molecule has 46 heavy (non-hydrogen) atoms. The van der Waals surface area contributed by atoms with E-state index in [0.717, 1.165) is 31.2 Å². The van der Waals surface area contributed by atoms with Gasteiger partial charge in [-0.2, -0.15) is 0 Å². The van der Waals surface area contributed by atoms with Crippen LogP contribution in [0.4, 0.5) is 0 Å². The maximum absolute atomic E-state index is 13.5. The van der Waals surface area contributed by atoms with Crippen LogP contribution < -0.4 is 14.8 Å². The first-order valence-electron chi connectivity index (χ1n) is 15.3. The summed E-state index contributed by atoms with van der Waals surface area (Å²) < 4.78 is 33.1. The Hall–Kier alpha value is -4.68. The number of nitrogens with one attached hydrogen (secondary N) is 1. The van der Waals surface area contributed by atoms with Gasteiger partial charge in [0.25, 0.3) is 5.91 Å². The molecule has 2 heterocycles. The van der Waals surface area contributed by atoms with Crippen molar-refractivity contribution in [2.24, 2.45) is 17.8 Å². The van der Waals surface area contributed by atoms with Gasteiger partial charge in [-0.05, 0) is 31.7 Å². The summed E-state index contributed by atoms with van der Waals surface area (Å²) in [5.41, 5.74) is 0.511. The van der Waals surface area contributed by atoms with Crippen LogP contribution in [0.5, 0.6) is 11.5 Å². The van der Waals surface area contributed by atoms with Gasteiger partial charge in [0, 0.05) is 12.3 Å². The third kappa shape index (κ3) is 8.73. The van der Waals surface area contributed by atoms with Crippen molar-refractivity contribution in [2.45, 2.75) is 71.1 Å². The number of pyridine rings is 1. The molecule has 1 saturated carbocycles.